The summed E-state index contributed by atoms with van der Waals surface area (Å²) in [5.74, 6) is -2.33. The molecule has 1 fully saturated rings. The smallest absolute Gasteiger partial charge is 0.311 e. The maximum Gasteiger partial charge on any atom is 0.311 e. The van der Waals surface area contributed by atoms with Crippen molar-refractivity contribution in [2.45, 2.75) is 13.3 Å². The molecule has 2 aromatic rings. The number of fused-ring (bicyclic) bond motifs is 1. The third kappa shape index (κ3) is 2.28. The van der Waals surface area contributed by atoms with Crippen LogP contribution in [-0.4, -0.2) is 34.1 Å². The van der Waals surface area contributed by atoms with Gasteiger partial charge in [-0.3, -0.25) is 9.78 Å². The van der Waals surface area contributed by atoms with Gasteiger partial charge in [-0.2, -0.15) is 0 Å². The number of benzene rings is 1. The standard InChI is InChI=1S/C14H13F2N3O2/c1-14(13(20)21)2-3-19(7-14)12-6-17-10-4-8(15)9(16)5-11(10)18-12/h4-6H,2-3,7H2,1H3,(H,20,21). The highest BCUT2D eigenvalue weighted by Gasteiger charge is 2.41. The molecule has 1 N–H and O–H groups in total. The summed E-state index contributed by atoms with van der Waals surface area (Å²) in [5.41, 5.74) is -0.321. The van der Waals surface area contributed by atoms with Gasteiger partial charge in [0.2, 0.25) is 0 Å². The molecule has 1 aromatic heterocycles. The van der Waals surface area contributed by atoms with E-state index in [4.69, 9.17) is 0 Å². The maximum atomic E-state index is 13.3. The van der Waals surface area contributed by atoms with Crippen molar-refractivity contribution in [3.8, 4) is 0 Å². The Hall–Kier alpha value is -2.31. The molecule has 0 saturated carbocycles. The van der Waals surface area contributed by atoms with Gasteiger partial charge in [-0.1, -0.05) is 0 Å². The number of halogens is 2. The Balaban J connectivity index is 1.95. The topological polar surface area (TPSA) is 66.3 Å². The van der Waals surface area contributed by atoms with Gasteiger partial charge in [-0.25, -0.2) is 13.8 Å². The number of carboxylic acid groups (broad SMARTS) is 1. The molecule has 1 aromatic carbocycles. The first-order valence-corrected chi connectivity index (χ1v) is 6.49. The third-order valence-electron chi connectivity index (χ3n) is 3.89. The molecule has 3 rings (SSSR count). The largest absolute Gasteiger partial charge is 0.481 e. The molecule has 1 atom stereocenters. The molecule has 0 aliphatic carbocycles. The number of anilines is 1. The SMILES string of the molecule is CC1(C(=O)O)CCN(c2cnc3cc(F)c(F)cc3n2)C1. The first-order valence-electron chi connectivity index (χ1n) is 6.49. The molecule has 1 aliphatic heterocycles. The van der Waals surface area contributed by atoms with Crippen molar-refractivity contribution in [1.82, 2.24) is 9.97 Å². The highest BCUT2D eigenvalue weighted by atomic mass is 19.2. The van der Waals surface area contributed by atoms with Gasteiger partial charge in [0.25, 0.3) is 0 Å². The fourth-order valence-electron chi connectivity index (χ4n) is 2.48. The predicted octanol–water partition coefficient (Wildman–Crippen LogP) is 2.21. The molecule has 1 unspecified atom stereocenters. The van der Waals surface area contributed by atoms with E-state index in [1.54, 1.807) is 11.8 Å². The van der Waals surface area contributed by atoms with Gasteiger partial charge < -0.3 is 10.0 Å². The molecule has 110 valence electrons. The number of carboxylic acids is 1. The van der Waals surface area contributed by atoms with Crippen LogP contribution in [0.3, 0.4) is 0 Å². The lowest BCUT2D eigenvalue weighted by atomic mass is 9.90. The van der Waals surface area contributed by atoms with Crippen LogP contribution in [0.15, 0.2) is 18.3 Å². The van der Waals surface area contributed by atoms with E-state index in [1.807, 2.05) is 0 Å². The Morgan fingerprint density at radius 3 is 2.62 bits per heavy atom. The Morgan fingerprint density at radius 1 is 1.33 bits per heavy atom. The van der Waals surface area contributed by atoms with E-state index < -0.39 is 23.0 Å². The first-order chi connectivity index (χ1) is 9.89. The number of aromatic nitrogens is 2. The van der Waals surface area contributed by atoms with Crippen molar-refractivity contribution in [3.05, 3.63) is 30.0 Å². The van der Waals surface area contributed by atoms with E-state index >= 15 is 0 Å². The van der Waals surface area contributed by atoms with Crippen LogP contribution in [0.1, 0.15) is 13.3 Å². The van der Waals surface area contributed by atoms with Crippen LogP contribution in [0.2, 0.25) is 0 Å². The van der Waals surface area contributed by atoms with E-state index in [1.165, 1.54) is 6.20 Å². The molecule has 0 bridgehead atoms. The van der Waals surface area contributed by atoms with E-state index in [0.29, 0.717) is 25.3 Å². The van der Waals surface area contributed by atoms with Gasteiger partial charge in [0.1, 0.15) is 5.82 Å². The van der Waals surface area contributed by atoms with Crippen molar-refractivity contribution in [1.29, 1.82) is 0 Å². The number of aliphatic carboxylic acids is 1. The highest BCUT2D eigenvalue weighted by Crippen LogP contribution is 2.32. The van der Waals surface area contributed by atoms with Crippen molar-refractivity contribution < 1.29 is 18.7 Å². The average Bonchev–Trinajstić information content (AvgIpc) is 2.84. The van der Waals surface area contributed by atoms with E-state index in [0.717, 1.165) is 12.1 Å². The number of hydrogen-bond acceptors (Lipinski definition) is 4. The van der Waals surface area contributed by atoms with Gasteiger partial charge in [0, 0.05) is 25.2 Å². The molecule has 0 amide bonds. The summed E-state index contributed by atoms with van der Waals surface area (Å²) in [6.07, 6.45) is 1.95. The van der Waals surface area contributed by atoms with Crippen molar-refractivity contribution >= 4 is 22.8 Å². The lowest BCUT2D eigenvalue weighted by Gasteiger charge is -2.20. The summed E-state index contributed by atoms with van der Waals surface area (Å²) in [7, 11) is 0. The lowest BCUT2D eigenvalue weighted by Crippen LogP contribution is -2.32. The zero-order valence-corrected chi connectivity index (χ0v) is 11.3. The number of rotatable bonds is 2. The Morgan fingerprint density at radius 2 is 2.00 bits per heavy atom. The van der Waals surface area contributed by atoms with Gasteiger partial charge in [-0.15, -0.1) is 0 Å². The van der Waals surface area contributed by atoms with Crippen molar-refractivity contribution in [2.24, 2.45) is 5.41 Å². The first kappa shape index (κ1) is 13.7. The number of carbonyl (C=O) groups is 1. The molecule has 0 spiro atoms. The molecule has 21 heavy (non-hydrogen) atoms. The second-order valence-corrected chi connectivity index (χ2v) is 5.52. The normalized spacial score (nSPS) is 22.0. The summed E-state index contributed by atoms with van der Waals surface area (Å²) in [4.78, 5) is 21.3. The highest BCUT2D eigenvalue weighted by molar-refractivity contribution is 5.78. The molecule has 1 saturated heterocycles. The molecule has 7 heteroatoms. The van der Waals surface area contributed by atoms with E-state index in [-0.39, 0.29) is 11.0 Å². The van der Waals surface area contributed by atoms with Crippen molar-refractivity contribution in [3.63, 3.8) is 0 Å². The zero-order chi connectivity index (χ0) is 15.2. The average molecular weight is 293 g/mol. The second-order valence-electron chi connectivity index (χ2n) is 5.52. The van der Waals surface area contributed by atoms with Crippen LogP contribution < -0.4 is 4.90 Å². The van der Waals surface area contributed by atoms with Crippen molar-refractivity contribution in [2.75, 3.05) is 18.0 Å². The third-order valence-corrected chi connectivity index (χ3v) is 3.89. The molecule has 5 nitrogen and oxygen atoms in total. The summed E-state index contributed by atoms with van der Waals surface area (Å²) < 4.78 is 26.4. The van der Waals surface area contributed by atoms with E-state index in [2.05, 4.69) is 9.97 Å². The zero-order valence-electron chi connectivity index (χ0n) is 11.3. The number of hydrogen-bond donors (Lipinski definition) is 1. The van der Waals surface area contributed by atoms with Gasteiger partial charge in [-0.05, 0) is 13.3 Å². The van der Waals surface area contributed by atoms with Crippen LogP contribution in [0.25, 0.3) is 11.0 Å². The van der Waals surface area contributed by atoms with Gasteiger partial charge in [0.15, 0.2) is 11.6 Å². The van der Waals surface area contributed by atoms with Gasteiger partial charge >= 0.3 is 5.97 Å². The van der Waals surface area contributed by atoms with E-state index in [9.17, 15) is 18.7 Å². The Labute approximate surface area is 119 Å². The summed E-state index contributed by atoms with van der Waals surface area (Å²) >= 11 is 0. The van der Waals surface area contributed by atoms with Crippen LogP contribution in [0.5, 0.6) is 0 Å². The molecule has 0 radical (unpaired) electrons. The second kappa shape index (κ2) is 4.61. The Kier molecular flexibility index (Phi) is 3.00. The Bertz CT molecular complexity index is 737. The van der Waals surface area contributed by atoms with Gasteiger partial charge in [0.05, 0.1) is 22.6 Å². The quantitative estimate of drug-likeness (QED) is 0.919. The van der Waals surface area contributed by atoms with Crippen LogP contribution >= 0.6 is 0 Å². The molecule has 2 heterocycles. The fraction of sp³-hybridized carbons (Fsp3) is 0.357. The number of nitrogens with zero attached hydrogens (tertiary/aromatic N) is 3. The minimum absolute atomic E-state index is 0.246. The molecular formula is C14H13F2N3O2. The minimum atomic E-state index is -0.981. The monoisotopic (exact) mass is 293 g/mol. The van der Waals surface area contributed by atoms with Crippen LogP contribution in [-0.2, 0) is 4.79 Å². The summed E-state index contributed by atoms with van der Waals surface area (Å²) in [5, 5.41) is 9.22. The lowest BCUT2D eigenvalue weighted by molar-refractivity contribution is -0.146. The summed E-state index contributed by atoms with van der Waals surface area (Å²) in [6, 6.07) is 1.99. The molecular weight excluding hydrogens is 280 g/mol. The maximum absolute atomic E-state index is 13.3. The van der Waals surface area contributed by atoms with Crippen LogP contribution in [0, 0.1) is 17.0 Å². The van der Waals surface area contributed by atoms with Crippen LogP contribution in [0.4, 0.5) is 14.6 Å². The minimum Gasteiger partial charge on any atom is -0.481 e. The summed E-state index contributed by atoms with van der Waals surface area (Å²) in [6.45, 7) is 2.53. The fourth-order valence-corrected chi connectivity index (χ4v) is 2.48. The predicted molar refractivity (Wildman–Crippen MR) is 72.0 cm³/mol. The molecule has 1 aliphatic rings.